The molecule has 0 rings (SSSR count). The molecule has 90 valence electrons. The summed E-state index contributed by atoms with van der Waals surface area (Å²) in [4.78, 5) is 13.3. The van der Waals surface area contributed by atoms with Crippen LogP contribution < -0.4 is 5.48 Å². The summed E-state index contributed by atoms with van der Waals surface area (Å²) in [5.74, 6) is 0. The third kappa shape index (κ3) is 6.30. The fourth-order valence-electron chi connectivity index (χ4n) is 1.05. The van der Waals surface area contributed by atoms with E-state index in [9.17, 15) is 4.79 Å². The number of rotatable bonds is 4. The summed E-state index contributed by atoms with van der Waals surface area (Å²) in [6.45, 7) is 10.0. The molecular weight excluding hydrogens is 196 g/mol. The molecule has 0 unspecified atom stereocenters. The Kier molecular flexibility index (Phi) is 5.60. The molecule has 0 saturated heterocycles. The van der Waals surface area contributed by atoms with Crippen molar-refractivity contribution in [3.8, 4) is 0 Å². The first-order valence-corrected chi connectivity index (χ1v) is 5.14. The van der Waals surface area contributed by atoms with E-state index >= 15 is 0 Å². The Morgan fingerprint density at radius 2 is 2.00 bits per heavy atom. The predicted molar refractivity (Wildman–Crippen MR) is 57.9 cm³/mol. The molecule has 0 saturated carbocycles. The smallest absolute Gasteiger partial charge is 0.410 e. The minimum absolute atomic E-state index is 0.0493. The van der Waals surface area contributed by atoms with E-state index in [4.69, 9.17) is 9.94 Å². The number of hydrogen-bond donors (Lipinski definition) is 2. The van der Waals surface area contributed by atoms with Crippen LogP contribution in [0.4, 0.5) is 4.79 Å². The number of amides is 1. The maximum atomic E-state index is 11.7. The average Bonchev–Trinajstić information content (AvgIpc) is 2.00. The van der Waals surface area contributed by atoms with Crippen molar-refractivity contribution in [2.75, 3.05) is 13.1 Å². The lowest BCUT2D eigenvalue weighted by atomic mass is 10.2. The minimum atomic E-state index is -0.489. The number of carbonyl (C=O) groups excluding carboxylic acids is 1. The molecule has 0 aromatic heterocycles. The van der Waals surface area contributed by atoms with Gasteiger partial charge < -0.3 is 14.8 Å². The van der Waals surface area contributed by atoms with Crippen LogP contribution in [0, 0.1) is 0 Å². The Morgan fingerprint density at radius 1 is 1.47 bits per heavy atom. The van der Waals surface area contributed by atoms with E-state index in [1.165, 1.54) is 0 Å². The highest BCUT2D eigenvalue weighted by Crippen LogP contribution is 2.11. The fraction of sp³-hybridized carbons (Fsp3) is 0.900. The van der Waals surface area contributed by atoms with Crippen molar-refractivity contribution in [3.63, 3.8) is 0 Å². The SMILES string of the molecule is CC(C)N(CCNO)C(=O)OC(C)(C)C. The molecule has 15 heavy (non-hydrogen) atoms. The van der Waals surface area contributed by atoms with Crippen molar-refractivity contribution >= 4 is 6.09 Å². The molecule has 2 N–H and O–H groups in total. The summed E-state index contributed by atoms with van der Waals surface area (Å²) >= 11 is 0. The van der Waals surface area contributed by atoms with E-state index in [2.05, 4.69) is 0 Å². The van der Waals surface area contributed by atoms with Gasteiger partial charge in [0.05, 0.1) is 0 Å². The second-order valence-electron chi connectivity index (χ2n) is 4.68. The Bertz CT molecular complexity index is 199. The molecule has 0 radical (unpaired) electrons. The highest BCUT2D eigenvalue weighted by atomic mass is 16.6. The predicted octanol–water partition coefficient (Wildman–Crippen LogP) is 1.61. The lowest BCUT2D eigenvalue weighted by Gasteiger charge is -2.29. The number of ether oxygens (including phenoxy) is 1. The molecular formula is C10H22N2O3. The van der Waals surface area contributed by atoms with E-state index in [-0.39, 0.29) is 12.1 Å². The standard InChI is InChI=1S/C10H22N2O3/c1-8(2)12(7-6-11-14)9(13)15-10(3,4)5/h8,11,14H,6-7H2,1-5H3. The van der Waals surface area contributed by atoms with Gasteiger partial charge in [0, 0.05) is 19.1 Å². The fourth-order valence-corrected chi connectivity index (χ4v) is 1.05. The first kappa shape index (κ1) is 14.2. The Labute approximate surface area is 91.4 Å². The van der Waals surface area contributed by atoms with Crippen LogP contribution in [-0.2, 0) is 4.74 Å². The van der Waals surface area contributed by atoms with Crippen LogP contribution in [0.3, 0.4) is 0 Å². The van der Waals surface area contributed by atoms with Crippen LogP contribution in [0.5, 0.6) is 0 Å². The van der Waals surface area contributed by atoms with Gasteiger partial charge in [0.15, 0.2) is 0 Å². The van der Waals surface area contributed by atoms with E-state index in [0.717, 1.165) is 0 Å². The van der Waals surface area contributed by atoms with Gasteiger partial charge in [0.2, 0.25) is 0 Å². The second-order valence-corrected chi connectivity index (χ2v) is 4.68. The van der Waals surface area contributed by atoms with Gasteiger partial charge in [0.1, 0.15) is 5.60 Å². The molecule has 5 heteroatoms. The van der Waals surface area contributed by atoms with Crippen molar-refractivity contribution in [2.45, 2.75) is 46.3 Å². The lowest BCUT2D eigenvalue weighted by molar-refractivity contribution is 0.0171. The van der Waals surface area contributed by atoms with Crippen molar-refractivity contribution in [1.29, 1.82) is 0 Å². The van der Waals surface area contributed by atoms with Crippen LogP contribution in [0.15, 0.2) is 0 Å². The molecule has 0 aromatic carbocycles. The highest BCUT2D eigenvalue weighted by Gasteiger charge is 2.23. The summed E-state index contributed by atoms with van der Waals surface area (Å²) in [7, 11) is 0. The summed E-state index contributed by atoms with van der Waals surface area (Å²) < 4.78 is 5.24. The zero-order valence-corrected chi connectivity index (χ0v) is 10.2. The quantitative estimate of drug-likeness (QED) is 0.704. The highest BCUT2D eigenvalue weighted by molar-refractivity contribution is 5.68. The van der Waals surface area contributed by atoms with Crippen LogP contribution >= 0.6 is 0 Å². The summed E-state index contributed by atoms with van der Waals surface area (Å²) in [6.07, 6.45) is -0.354. The van der Waals surface area contributed by atoms with E-state index in [1.807, 2.05) is 40.1 Å². The van der Waals surface area contributed by atoms with Gasteiger partial charge >= 0.3 is 6.09 Å². The van der Waals surface area contributed by atoms with Crippen molar-refractivity contribution in [2.24, 2.45) is 0 Å². The van der Waals surface area contributed by atoms with E-state index in [1.54, 1.807) is 4.90 Å². The van der Waals surface area contributed by atoms with E-state index < -0.39 is 5.60 Å². The number of hydrogen-bond acceptors (Lipinski definition) is 4. The zero-order valence-electron chi connectivity index (χ0n) is 10.2. The normalized spacial score (nSPS) is 11.7. The first-order valence-electron chi connectivity index (χ1n) is 5.14. The van der Waals surface area contributed by atoms with Gasteiger partial charge in [-0.3, -0.25) is 0 Å². The van der Waals surface area contributed by atoms with Crippen molar-refractivity contribution in [3.05, 3.63) is 0 Å². The molecule has 0 aliphatic rings. The first-order chi connectivity index (χ1) is 6.78. The van der Waals surface area contributed by atoms with Crippen LogP contribution in [0.1, 0.15) is 34.6 Å². The monoisotopic (exact) mass is 218 g/mol. The Hall–Kier alpha value is -0.810. The minimum Gasteiger partial charge on any atom is -0.444 e. The van der Waals surface area contributed by atoms with Gasteiger partial charge in [-0.15, -0.1) is 0 Å². The molecule has 0 bridgehead atoms. The maximum absolute atomic E-state index is 11.7. The largest absolute Gasteiger partial charge is 0.444 e. The number of nitrogens with zero attached hydrogens (tertiary/aromatic N) is 1. The number of nitrogens with one attached hydrogen (secondary N) is 1. The molecule has 0 fully saturated rings. The summed E-state index contributed by atoms with van der Waals surface area (Å²) in [5, 5.41) is 8.48. The van der Waals surface area contributed by atoms with Crippen molar-refractivity contribution < 1.29 is 14.7 Å². The molecule has 0 heterocycles. The summed E-state index contributed by atoms with van der Waals surface area (Å²) in [6, 6.07) is 0.0493. The maximum Gasteiger partial charge on any atom is 0.410 e. The zero-order chi connectivity index (χ0) is 12.1. The van der Waals surface area contributed by atoms with Crippen molar-refractivity contribution in [1.82, 2.24) is 10.4 Å². The Morgan fingerprint density at radius 3 is 2.33 bits per heavy atom. The number of hydroxylamine groups is 1. The third-order valence-electron chi connectivity index (χ3n) is 1.72. The third-order valence-corrected chi connectivity index (χ3v) is 1.72. The molecule has 0 spiro atoms. The molecule has 5 nitrogen and oxygen atoms in total. The van der Waals surface area contributed by atoms with Crippen LogP contribution in [-0.4, -0.2) is 40.9 Å². The Balaban J connectivity index is 4.29. The molecule has 1 amide bonds. The topological polar surface area (TPSA) is 61.8 Å². The number of carbonyl (C=O) groups is 1. The molecule has 0 aliphatic carbocycles. The van der Waals surface area contributed by atoms with Gasteiger partial charge in [-0.2, -0.15) is 0 Å². The molecule has 0 aliphatic heterocycles. The van der Waals surface area contributed by atoms with Gasteiger partial charge in [0.25, 0.3) is 0 Å². The lowest BCUT2D eigenvalue weighted by Crippen LogP contribution is -2.43. The van der Waals surface area contributed by atoms with Crippen LogP contribution in [0.25, 0.3) is 0 Å². The molecule has 0 aromatic rings. The van der Waals surface area contributed by atoms with Gasteiger partial charge in [-0.1, -0.05) is 0 Å². The van der Waals surface area contributed by atoms with Crippen LogP contribution in [0.2, 0.25) is 0 Å². The van der Waals surface area contributed by atoms with E-state index in [0.29, 0.717) is 13.1 Å². The van der Waals surface area contributed by atoms with Gasteiger partial charge in [-0.05, 0) is 34.6 Å². The van der Waals surface area contributed by atoms with Gasteiger partial charge in [-0.25, -0.2) is 10.3 Å². The second kappa shape index (κ2) is 5.92. The average molecular weight is 218 g/mol. The summed E-state index contributed by atoms with van der Waals surface area (Å²) in [5.41, 5.74) is 1.53. The molecule has 0 atom stereocenters.